The summed E-state index contributed by atoms with van der Waals surface area (Å²) in [5.74, 6) is 0.259. The second-order valence-corrected chi connectivity index (χ2v) is 4.26. The molecular weight excluding hydrogens is 244 g/mol. The lowest BCUT2D eigenvalue weighted by Crippen LogP contribution is -2.28. The monoisotopic (exact) mass is 266 g/mol. The van der Waals surface area contributed by atoms with Gasteiger partial charge in [-0.3, -0.25) is 0 Å². The van der Waals surface area contributed by atoms with Gasteiger partial charge in [0.2, 0.25) is 0 Å². The lowest BCUT2D eigenvalue weighted by molar-refractivity contribution is -0.151. The molecule has 4 nitrogen and oxygen atoms in total. The van der Waals surface area contributed by atoms with E-state index in [1.807, 2.05) is 13.8 Å². The van der Waals surface area contributed by atoms with E-state index in [4.69, 9.17) is 9.47 Å². The van der Waals surface area contributed by atoms with Crippen LogP contribution in [0.15, 0.2) is 24.3 Å². The maximum absolute atomic E-state index is 11.6. The molecule has 0 amide bonds. The number of carbonyl (C=O) groups excluding carboxylic acids is 1. The van der Waals surface area contributed by atoms with Gasteiger partial charge < -0.3 is 14.6 Å². The molecule has 106 valence electrons. The predicted molar refractivity (Wildman–Crippen MR) is 73.0 cm³/mol. The molecule has 1 aromatic carbocycles. The van der Waals surface area contributed by atoms with Crippen LogP contribution in [0.3, 0.4) is 0 Å². The molecule has 1 N–H and O–H groups in total. The summed E-state index contributed by atoms with van der Waals surface area (Å²) in [6, 6.07) is 7.13. The van der Waals surface area contributed by atoms with Crippen LogP contribution in [0.2, 0.25) is 0 Å². The van der Waals surface area contributed by atoms with E-state index >= 15 is 0 Å². The van der Waals surface area contributed by atoms with Crippen molar-refractivity contribution in [3.63, 3.8) is 0 Å². The van der Waals surface area contributed by atoms with E-state index in [0.717, 1.165) is 5.56 Å². The molecule has 4 heteroatoms. The molecule has 0 aromatic heterocycles. The van der Waals surface area contributed by atoms with Gasteiger partial charge in [-0.15, -0.1) is 0 Å². The Morgan fingerprint density at radius 2 is 1.79 bits per heavy atom. The van der Waals surface area contributed by atoms with Crippen LogP contribution in [0.4, 0.5) is 0 Å². The number of hydrogen-bond donors (Lipinski definition) is 1. The first-order chi connectivity index (χ1) is 9.12. The fourth-order valence-corrected chi connectivity index (χ4v) is 1.70. The minimum Gasteiger partial charge on any atom is -0.479 e. The van der Waals surface area contributed by atoms with Crippen LogP contribution in [0.25, 0.3) is 0 Å². The molecule has 0 saturated heterocycles. The summed E-state index contributed by atoms with van der Waals surface area (Å²) in [5, 5.41) is 9.69. The Kier molecular flexibility index (Phi) is 6.36. The van der Waals surface area contributed by atoms with Crippen molar-refractivity contribution in [2.45, 2.75) is 45.8 Å². The molecule has 0 heterocycles. The highest BCUT2D eigenvalue weighted by Crippen LogP contribution is 2.21. The number of aliphatic hydroxyl groups is 1. The Bertz CT molecular complexity index is 386. The van der Waals surface area contributed by atoms with Crippen LogP contribution in [0.1, 0.15) is 45.3 Å². The molecule has 0 radical (unpaired) electrons. The van der Waals surface area contributed by atoms with Gasteiger partial charge in [0.25, 0.3) is 0 Å². The van der Waals surface area contributed by atoms with Gasteiger partial charge in [0.15, 0.2) is 6.10 Å². The second-order valence-electron chi connectivity index (χ2n) is 4.26. The molecule has 0 saturated carbocycles. The van der Waals surface area contributed by atoms with Crippen molar-refractivity contribution in [3.8, 4) is 5.75 Å². The molecule has 1 rings (SSSR count). The van der Waals surface area contributed by atoms with Crippen LogP contribution in [0, 0.1) is 0 Å². The summed E-state index contributed by atoms with van der Waals surface area (Å²) in [7, 11) is 0. The Labute approximate surface area is 114 Å². The zero-order chi connectivity index (χ0) is 14.3. The number of carbonyl (C=O) groups is 1. The average Bonchev–Trinajstić information content (AvgIpc) is 2.44. The summed E-state index contributed by atoms with van der Waals surface area (Å²) < 4.78 is 10.5. The van der Waals surface area contributed by atoms with Crippen molar-refractivity contribution in [2.75, 3.05) is 6.61 Å². The highest BCUT2D eigenvalue weighted by atomic mass is 16.6. The highest BCUT2D eigenvalue weighted by Gasteiger charge is 2.19. The molecule has 19 heavy (non-hydrogen) atoms. The van der Waals surface area contributed by atoms with E-state index < -0.39 is 12.2 Å². The predicted octanol–water partition coefficient (Wildman–Crippen LogP) is 2.85. The van der Waals surface area contributed by atoms with E-state index in [0.29, 0.717) is 25.2 Å². The molecule has 0 fully saturated rings. The standard InChI is InChI=1S/C15H22O4/c1-4-13(16)11-7-9-12(10-8-11)19-14(5-2)15(17)18-6-3/h7-10,13-14,16H,4-6H2,1-3H3. The third-order valence-corrected chi connectivity index (χ3v) is 2.85. The first kappa shape index (κ1) is 15.5. The van der Waals surface area contributed by atoms with E-state index in [-0.39, 0.29) is 5.97 Å². The molecule has 2 atom stereocenters. The van der Waals surface area contributed by atoms with E-state index in [2.05, 4.69) is 0 Å². The first-order valence-corrected chi connectivity index (χ1v) is 6.73. The fraction of sp³-hybridized carbons (Fsp3) is 0.533. The number of aliphatic hydroxyl groups excluding tert-OH is 1. The quantitative estimate of drug-likeness (QED) is 0.771. The smallest absolute Gasteiger partial charge is 0.347 e. The van der Waals surface area contributed by atoms with Gasteiger partial charge in [-0.05, 0) is 37.5 Å². The first-order valence-electron chi connectivity index (χ1n) is 6.73. The highest BCUT2D eigenvalue weighted by molar-refractivity contribution is 5.75. The lowest BCUT2D eigenvalue weighted by atomic mass is 10.1. The Morgan fingerprint density at radius 3 is 2.26 bits per heavy atom. The van der Waals surface area contributed by atoms with Crippen molar-refractivity contribution < 1.29 is 19.4 Å². The minimum absolute atomic E-state index is 0.345. The third kappa shape index (κ3) is 4.56. The minimum atomic E-state index is -0.582. The largest absolute Gasteiger partial charge is 0.479 e. The number of ether oxygens (including phenoxy) is 2. The zero-order valence-electron chi connectivity index (χ0n) is 11.8. The van der Waals surface area contributed by atoms with Gasteiger partial charge in [0.05, 0.1) is 12.7 Å². The van der Waals surface area contributed by atoms with E-state index in [1.54, 1.807) is 31.2 Å². The third-order valence-electron chi connectivity index (χ3n) is 2.85. The van der Waals surface area contributed by atoms with Crippen molar-refractivity contribution >= 4 is 5.97 Å². The maximum Gasteiger partial charge on any atom is 0.347 e. The molecule has 1 aromatic rings. The SMILES string of the molecule is CCOC(=O)C(CC)Oc1ccc(C(O)CC)cc1. The van der Waals surface area contributed by atoms with Gasteiger partial charge >= 0.3 is 5.97 Å². The van der Waals surface area contributed by atoms with Crippen LogP contribution >= 0.6 is 0 Å². The summed E-state index contributed by atoms with van der Waals surface area (Å²) in [5.41, 5.74) is 0.846. The Balaban J connectivity index is 2.68. The van der Waals surface area contributed by atoms with E-state index in [1.165, 1.54) is 0 Å². The summed E-state index contributed by atoms with van der Waals surface area (Å²) >= 11 is 0. The van der Waals surface area contributed by atoms with Gasteiger partial charge in [-0.1, -0.05) is 26.0 Å². The number of hydrogen-bond acceptors (Lipinski definition) is 4. The van der Waals surface area contributed by atoms with Crippen molar-refractivity contribution in [1.29, 1.82) is 0 Å². The van der Waals surface area contributed by atoms with Gasteiger partial charge in [0.1, 0.15) is 5.75 Å². The molecule has 0 bridgehead atoms. The number of benzene rings is 1. The number of esters is 1. The average molecular weight is 266 g/mol. The second kappa shape index (κ2) is 7.79. The van der Waals surface area contributed by atoms with Gasteiger partial charge in [-0.2, -0.15) is 0 Å². The Hall–Kier alpha value is -1.55. The van der Waals surface area contributed by atoms with Crippen molar-refractivity contribution in [3.05, 3.63) is 29.8 Å². The Morgan fingerprint density at radius 1 is 1.16 bits per heavy atom. The molecule has 2 unspecified atom stereocenters. The lowest BCUT2D eigenvalue weighted by Gasteiger charge is -2.16. The van der Waals surface area contributed by atoms with Crippen LogP contribution in [0.5, 0.6) is 5.75 Å². The van der Waals surface area contributed by atoms with Crippen molar-refractivity contribution in [2.24, 2.45) is 0 Å². The molecular formula is C15H22O4. The van der Waals surface area contributed by atoms with Crippen LogP contribution in [-0.4, -0.2) is 23.8 Å². The van der Waals surface area contributed by atoms with Gasteiger partial charge in [-0.25, -0.2) is 4.79 Å². The summed E-state index contributed by atoms with van der Waals surface area (Å²) in [6.45, 7) is 5.91. The topological polar surface area (TPSA) is 55.8 Å². The molecule has 0 spiro atoms. The van der Waals surface area contributed by atoms with Crippen LogP contribution < -0.4 is 4.74 Å². The number of rotatable bonds is 7. The van der Waals surface area contributed by atoms with Gasteiger partial charge in [0, 0.05) is 0 Å². The fourth-order valence-electron chi connectivity index (χ4n) is 1.70. The molecule has 0 aliphatic rings. The van der Waals surface area contributed by atoms with E-state index in [9.17, 15) is 9.90 Å². The summed E-state index contributed by atoms with van der Waals surface area (Å²) in [4.78, 5) is 11.6. The van der Waals surface area contributed by atoms with Crippen LogP contribution in [-0.2, 0) is 9.53 Å². The van der Waals surface area contributed by atoms with Crippen molar-refractivity contribution in [1.82, 2.24) is 0 Å². The maximum atomic E-state index is 11.6. The molecule has 0 aliphatic heterocycles. The summed E-state index contributed by atoms with van der Waals surface area (Å²) in [6.07, 6.45) is 0.182. The molecule has 0 aliphatic carbocycles. The normalized spacial score (nSPS) is 13.7. The zero-order valence-corrected chi connectivity index (χ0v) is 11.8.